The minimum atomic E-state index is -1.25. The van der Waals surface area contributed by atoms with Gasteiger partial charge in [0.05, 0.1) is 31.3 Å². The van der Waals surface area contributed by atoms with Gasteiger partial charge in [-0.05, 0) is 25.2 Å². The summed E-state index contributed by atoms with van der Waals surface area (Å²) < 4.78 is 17.0. The van der Waals surface area contributed by atoms with E-state index in [4.69, 9.17) is 14.2 Å². The quantitative estimate of drug-likeness (QED) is 0.389. The predicted molar refractivity (Wildman–Crippen MR) is 139 cm³/mol. The van der Waals surface area contributed by atoms with Crippen LogP contribution in [0, 0.1) is 5.92 Å². The van der Waals surface area contributed by atoms with Gasteiger partial charge in [0, 0.05) is 52.4 Å². The van der Waals surface area contributed by atoms with Crippen LogP contribution in [0.3, 0.4) is 0 Å². The van der Waals surface area contributed by atoms with Crippen molar-refractivity contribution in [1.82, 2.24) is 20.0 Å². The molecule has 1 aliphatic carbocycles. The first kappa shape index (κ1) is 28.7. The van der Waals surface area contributed by atoms with Crippen LogP contribution in [-0.2, 0) is 28.6 Å². The molecule has 5 fully saturated rings. The van der Waals surface area contributed by atoms with Crippen LogP contribution >= 0.6 is 0 Å². The smallest absolute Gasteiger partial charge is 0.248 e. The Kier molecular flexibility index (Phi) is 9.40. The fraction of sp³-hybridized carbons (Fsp3) is 0.889. The molecule has 3 N–H and O–H groups in total. The van der Waals surface area contributed by atoms with Gasteiger partial charge < -0.3 is 39.5 Å². The molecule has 6 bridgehead atoms. The summed E-state index contributed by atoms with van der Waals surface area (Å²) in [4.78, 5) is 45.4. The van der Waals surface area contributed by atoms with Gasteiger partial charge in [0.2, 0.25) is 17.7 Å². The van der Waals surface area contributed by atoms with Gasteiger partial charge in [-0.25, -0.2) is 0 Å². The van der Waals surface area contributed by atoms with Crippen LogP contribution in [0.1, 0.15) is 44.9 Å². The Morgan fingerprint density at radius 2 is 1.82 bits per heavy atom. The van der Waals surface area contributed by atoms with Crippen molar-refractivity contribution in [3.05, 3.63) is 0 Å². The van der Waals surface area contributed by atoms with Crippen LogP contribution in [-0.4, -0.2) is 145 Å². The summed E-state index contributed by atoms with van der Waals surface area (Å²) in [7, 11) is 1.43. The highest BCUT2D eigenvalue weighted by Gasteiger charge is 2.46. The second-order valence-corrected chi connectivity index (χ2v) is 11.9. The summed E-state index contributed by atoms with van der Waals surface area (Å²) in [6.07, 6.45) is 1.79. The molecule has 0 aromatic rings. The molecule has 4 heterocycles. The molecular weight excluding hydrogens is 508 g/mol. The Bertz CT molecular complexity index is 886. The Labute approximate surface area is 229 Å². The summed E-state index contributed by atoms with van der Waals surface area (Å²) >= 11 is 0. The number of rotatable bonds is 4. The third kappa shape index (κ3) is 6.74. The topological polar surface area (TPSA) is 141 Å². The van der Waals surface area contributed by atoms with Crippen molar-refractivity contribution in [2.24, 2.45) is 5.92 Å². The first-order valence-electron chi connectivity index (χ1n) is 14.5. The molecule has 12 heteroatoms. The highest BCUT2D eigenvalue weighted by molar-refractivity contribution is 5.83. The number of amides is 3. The lowest BCUT2D eigenvalue weighted by Gasteiger charge is -2.39. The number of fused-ring (bicyclic) bond motifs is 6. The average Bonchev–Trinajstić information content (AvgIpc) is 3.43. The predicted octanol–water partition coefficient (Wildman–Crippen LogP) is -1.28. The molecule has 12 nitrogen and oxygen atoms in total. The zero-order valence-electron chi connectivity index (χ0n) is 22.9. The van der Waals surface area contributed by atoms with Gasteiger partial charge in [0.1, 0.15) is 24.9 Å². The van der Waals surface area contributed by atoms with Gasteiger partial charge >= 0.3 is 0 Å². The van der Waals surface area contributed by atoms with Crippen molar-refractivity contribution in [2.45, 2.75) is 87.5 Å². The summed E-state index contributed by atoms with van der Waals surface area (Å²) in [5, 5.41) is 24.4. The van der Waals surface area contributed by atoms with Gasteiger partial charge in [-0.2, -0.15) is 0 Å². The molecule has 7 atom stereocenters. The number of morpholine rings is 1. The van der Waals surface area contributed by atoms with Crippen LogP contribution in [0.5, 0.6) is 0 Å². The van der Waals surface area contributed by atoms with E-state index in [1.165, 1.54) is 44.1 Å². The number of hydrogen-bond donors (Lipinski definition) is 3. The number of carbonyl (C=O) groups is 3. The van der Waals surface area contributed by atoms with Gasteiger partial charge in [-0.15, -0.1) is 0 Å². The SMILES string of the molecule is COCC(=O)N1C[C@@H]2CN(CCO2)C(=O)[C@@H]2C[C@@H](CN2CC2CCCCC2)NC(=O)C[C@@H]2O[C@H](C1)[C@@H](O)[C@H]2O. The van der Waals surface area contributed by atoms with Crippen molar-refractivity contribution in [3.8, 4) is 0 Å². The molecule has 39 heavy (non-hydrogen) atoms. The number of carbonyl (C=O) groups excluding carboxylic acids is 3. The number of nitrogens with zero attached hydrogens (tertiary/aromatic N) is 3. The first-order valence-corrected chi connectivity index (χ1v) is 14.5. The zero-order chi connectivity index (χ0) is 27.5. The Balaban J connectivity index is 1.38. The molecule has 5 aliphatic rings. The summed E-state index contributed by atoms with van der Waals surface area (Å²) in [6, 6.07) is -0.504. The van der Waals surface area contributed by atoms with E-state index in [-0.39, 0.29) is 55.9 Å². The minimum Gasteiger partial charge on any atom is -0.388 e. The second-order valence-electron chi connectivity index (χ2n) is 11.9. The third-order valence-electron chi connectivity index (χ3n) is 9.01. The lowest BCUT2D eigenvalue weighted by Crippen LogP contribution is -2.56. The van der Waals surface area contributed by atoms with Crippen molar-refractivity contribution in [1.29, 1.82) is 0 Å². The highest BCUT2D eigenvalue weighted by atomic mass is 16.5. The van der Waals surface area contributed by atoms with Crippen LogP contribution in [0.25, 0.3) is 0 Å². The fourth-order valence-corrected chi connectivity index (χ4v) is 6.98. The Morgan fingerprint density at radius 1 is 1.05 bits per heavy atom. The number of aliphatic hydroxyl groups is 2. The van der Waals surface area contributed by atoms with Gasteiger partial charge in [0.15, 0.2) is 0 Å². The van der Waals surface area contributed by atoms with Crippen LogP contribution in [0.4, 0.5) is 0 Å². The monoisotopic (exact) mass is 552 g/mol. The molecule has 4 aliphatic heterocycles. The summed E-state index contributed by atoms with van der Waals surface area (Å²) in [6.45, 7) is 2.67. The molecule has 220 valence electrons. The number of methoxy groups -OCH3 is 1. The van der Waals surface area contributed by atoms with E-state index >= 15 is 0 Å². The van der Waals surface area contributed by atoms with E-state index < -0.39 is 30.5 Å². The van der Waals surface area contributed by atoms with Crippen molar-refractivity contribution in [3.63, 3.8) is 0 Å². The Morgan fingerprint density at radius 3 is 2.59 bits per heavy atom. The first-order chi connectivity index (χ1) is 18.8. The van der Waals surface area contributed by atoms with E-state index in [0.29, 0.717) is 38.6 Å². The van der Waals surface area contributed by atoms with Crippen LogP contribution in [0.2, 0.25) is 0 Å². The molecule has 4 saturated heterocycles. The zero-order valence-corrected chi connectivity index (χ0v) is 22.9. The summed E-state index contributed by atoms with van der Waals surface area (Å²) in [5.74, 6) is 0.00531. The normalized spacial score (nSPS) is 37.3. The van der Waals surface area contributed by atoms with Crippen molar-refractivity contribution in [2.75, 3.05) is 59.6 Å². The summed E-state index contributed by atoms with van der Waals surface area (Å²) in [5.41, 5.74) is 0. The van der Waals surface area contributed by atoms with E-state index in [9.17, 15) is 24.6 Å². The average molecular weight is 553 g/mol. The van der Waals surface area contributed by atoms with E-state index in [1.807, 2.05) is 4.90 Å². The molecule has 0 spiro atoms. The molecule has 1 saturated carbocycles. The largest absolute Gasteiger partial charge is 0.388 e. The number of hydrogen-bond acceptors (Lipinski definition) is 9. The maximum Gasteiger partial charge on any atom is 0.248 e. The van der Waals surface area contributed by atoms with Gasteiger partial charge in [0.25, 0.3) is 0 Å². The molecule has 0 radical (unpaired) electrons. The van der Waals surface area contributed by atoms with Crippen molar-refractivity contribution < 1.29 is 38.8 Å². The highest BCUT2D eigenvalue weighted by Crippen LogP contribution is 2.30. The number of nitrogens with one attached hydrogen (secondary N) is 1. The lowest BCUT2D eigenvalue weighted by atomic mass is 9.89. The van der Waals surface area contributed by atoms with Crippen molar-refractivity contribution >= 4 is 17.7 Å². The lowest BCUT2D eigenvalue weighted by molar-refractivity contribution is -0.148. The fourth-order valence-electron chi connectivity index (χ4n) is 6.98. The van der Waals surface area contributed by atoms with Gasteiger partial charge in [-0.1, -0.05) is 19.3 Å². The molecule has 0 aromatic carbocycles. The third-order valence-corrected chi connectivity index (χ3v) is 9.01. The van der Waals surface area contributed by atoms with E-state index in [0.717, 1.165) is 6.54 Å². The van der Waals surface area contributed by atoms with Crippen LogP contribution < -0.4 is 5.32 Å². The number of ether oxygens (including phenoxy) is 3. The standard InChI is InChI=1S/C27H44N4O8/c1-37-16-24(33)31-14-19-13-29(7-8-38-19)27(36)20-9-18(12-30(20)11-17-5-3-2-4-6-17)28-23(32)10-21-25(34)26(35)22(15-31)39-21/h17-22,25-26,34-35H,2-16H2,1H3,(H,28,32)/t18-,19-,20-,21-,22+,25-,26+/m0/s1. The molecule has 5 rings (SSSR count). The van der Waals surface area contributed by atoms with Gasteiger partial charge in [-0.3, -0.25) is 19.3 Å². The Hall–Kier alpha value is -1.83. The number of likely N-dealkylation sites (tertiary alicyclic amines) is 1. The maximum atomic E-state index is 13.9. The molecule has 0 aromatic heterocycles. The molecular formula is C27H44N4O8. The van der Waals surface area contributed by atoms with Crippen LogP contribution in [0.15, 0.2) is 0 Å². The number of aliphatic hydroxyl groups excluding tert-OH is 2. The molecule has 3 amide bonds. The maximum absolute atomic E-state index is 13.9. The second kappa shape index (κ2) is 12.8. The van der Waals surface area contributed by atoms with E-state index in [1.54, 1.807) is 0 Å². The minimum absolute atomic E-state index is 0.00671. The van der Waals surface area contributed by atoms with E-state index in [2.05, 4.69) is 10.2 Å². The molecule has 0 unspecified atom stereocenters.